The molecule has 1 aromatic carbocycles. The molecule has 0 radical (unpaired) electrons. The first-order valence-corrected chi connectivity index (χ1v) is 14.4. The molecule has 1 atom stereocenters. The molecule has 0 bridgehead atoms. The van der Waals surface area contributed by atoms with Crippen LogP contribution in [0.25, 0.3) is 10.9 Å². The highest BCUT2D eigenvalue weighted by Crippen LogP contribution is 2.43. The first-order chi connectivity index (χ1) is 16.5. The van der Waals surface area contributed by atoms with Crippen LogP contribution >= 0.6 is 0 Å². The van der Waals surface area contributed by atoms with E-state index in [1.165, 1.54) is 101 Å². The fourth-order valence-corrected chi connectivity index (χ4v) is 5.77. The molecular weight excluding hydrogens is 416 g/mol. The topological polar surface area (TPSA) is 49.7 Å². The van der Waals surface area contributed by atoms with E-state index in [-0.39, 0.29) is 5.41 Å². The van der Waals surface area contributed by atoms with Crippen LogP contribution in [0.4, 0.5) is 5.69 Å². The Balaban J connectivity index is 1.36. The number of hydrogen-bond acceptors (Lipinski definition) is 2. The summed E-state index contributed by atoms with van der Waals surface area (Å²) in [4.78, 5) is 4.96. The fourth-order valence-electron chi connectivity index (χ4n) is 5.77. The van der Waals surface area contributed by atoms with Crippen molar-refractivity contribution in [2.24, 2.45) is 5.41 Å². The summed E-state index contributed by atoms with van der Waals surface area (Å²) in [7, 11) is 0. The molecule has 1 heterocycles. The van der Waals surface area contributed by atoms with Crippen molar-refractivity contribution in [1.82, 2.24) is 4.98 Å². The van der Waals surface area contributed by atoms with Gasteiger partial charge in [-0.25, -0.2) is 0 Å². The van der Waals surface area contributed by atoms with E-state index in [9.17, 15) is 5.11 Å². The van der Waals surface area contributed by atoms with Gasteiger partial charge < -0.3 is 10.4 Å². The third-order valence-electron chi connectivity index (χ3n) is 7.68. The zero-order chi connectivity index (χ0) is 24.2. The fraction of sp³-hybridized carbons (Fsp3) is 0.710. The van der Waals surface area contributed by atoms with Gasteiger partial charge in [-0.2, -0.15) is 0 Å². The number of rotatable bonds is 16. The van der Waals surface area contributed by atoms with Crippen LogP contribution in [0.3, 0.4) is 0 Å². The largest absolute Gasteiger partial charge is 0.388 e. The molecule has 3 nitrogen and oxygen atoms in total. The average molecular weight is 468 g/mol. The number of aliphatic hydroxyl groups is 1. The Bertz CT molecular complexity index is 860. The molecule has 2 aromatic rings. The molecule has 0 spiro atoms. The number of aromatic nitrogens is 1. The van der Waals surface area contributed by atoms with Gasteiger partial charge in [0.15, 0.2) is 0 Å². The minimum absolute atomic E-state index is 0.105. The third-order valence-corrected chi connectivity index (χ3v) is 7.68. The molecule has 1 aromatic heterocycles. The van der Waals surface area contributed by atoms with Crippen LogP contribution in [0.1, 0.15) is 134 Å². The minimum Gasteiger partial charge on any atom is -0.388 e. The summed E-state index contributed by atoms with van der Waals surface area (Å²) in [6.07, 6.45) is 20.9. The second-order valence-corrected chi connectivity index (χ2v) is 11.6. The van der Waals surface area contributed by atoms with Crippen molar-refractivity contribution in [3.63, 3.8) is 0 Å². The van der Waals surface area contributed by atoms with Crippen molar-refractivity contribution >= 4 is 16.6 Å². The number of hydrogen-bond donors (Lipinski definition) is 2. The molecule has 3 heteroatoms. The molecular formula is C31H51N2O+. The molecule has 1 unspecified atom stereocenters. The predicted molar refractivity (Wildman–Crippen MR) is 146 cm³/mol. The number of fused-ring (bicyclic) bond motifs is 2. The highest BCUT2D eigenvalue weighted by Gasteiger charge is 2.36. The van der Waals surface area contributed by atoms with Gasteiger partial charge in [0.1, 0.15) is 5.69 Å². The Kier molecular flexibility index (Phi) is 11.3. The number of unbranched alkanes of at least 4 members (excludes halogenated alkanes) is 13. The van der Waals surface area contributed by atoms with E-state index in [0.29, 0.717) is 0 Å². The lowest BCUT2D eigenvalue weighted by molar-refractivity contribution is -0.571. The molecule has 190 valence electrons. The summed E-state index contributed by atoms with van der Waals surface area (Å²) in [6, 6.07) is 8.46. The lowest BCUT2D eigenvalue weighted by Crippen LogP contribution is -2.78. The third kappa shape index (κ3) is 8.34. The van der Waals surface area contributed by atoms with Gasteiger partial charge in [0, 0.05) is 0 Å². The van der Waals surface area contributed by atoms with Crippen LogP contribution in [-0.2, 0) is 6.42 Å². The molecule has 1 aliphatic carbocycles. The summed E-state index contributed by atoms with van der Waals surface area (Å²) in [5, 5.41) is 14.6. The van der Waals surface area contributed by atoms with E-state index < -0.39 is 6.10 Å². The highest BCUT2D eigenvalue weighted by molar-refractivity contribution is 5.89. The van der Waals surface area contributed by atoms with Gasteiger partial charge >= 0.3 is 0 Å². The minimum atomic E-state index is -0.404. The summed E-state index contributed by atoms with van der Waals surface area (Å²) in [5.41, 5.74) is 4.63. The molecule has 0 amide bonds. The van der Waals surface area contributed by atoms with Gasteiger partial charge in [-0.05, 0) is 43.2 Å². The summed E-state index contributed by atoms with van der Waals surface area (Å²) in [6.45, 7) is 7.87. The lowest BCUT2D eigenvalue weighted by atomic mass is 9.74. The van der Waals surface area contributed by atoms with Crippen LogP contribution in [0.2, 0.25) is 0 Å². The number of quaternary nitrogens is 1. The van der Waals surface area contributed by atoms with Gasteiger partial charge in [0.2, 0.25) is 0 Å². The second kappa shape index (κ2) is 14.2. The quantitative estimate of drug-likeness (QED) is 0.246. The Morgan fingerprint density at radius 2 is 1.41 bits per heavy atom. The standard InChI is InChI=1S/C31H50N2O/c1-4-5-6-7-8-9-10-11-12-13-14-15-16-19-22-32-30-25-20-17-18-21-26(25)33-27-23-31(2,3)24-28(34)29(27)30/h17-18,20-21,28,34H,4-16,19,22-24H2,1-3H3,(H,32,33)/p+1. The van der Waals surface area contributed by atoms with E-state index >= 15 is 0 Å². The zero-order valence-electron chi connectivity index (χ0n) is 22.4. The van der Waals surface area contributed by atoms with Gasteiger partial charge in [-0.3, -0.25) is 4.98 Å². The number of nitrogens with zero attached hydrogens (tertiary/aromatic N) is 1. The average Bonchev–Trinajstić information content (AvgIpc) is 2.80. The SMILES string of the molecule is CCCCCCCCCCCCCCCC[NH2+]c1c2c(nc3ccccc13)CC(C)(C)CC2O. The van der Waals surface area contributed by atoms with Crippen LogP contribution in [-0.4, -0.2) is 16.6 Å². The molecule has 0 saturated carbocycles. The molecule has 0 fully saturated rings. The summed E-state index contributed by atoms with van der Waals surface area (Å²) < 4.78 is 0. The molecule has 34 heavy (non-hydrogen) atoms. The van der Waals surface area contributed by atoms with Crippen LogP contribution in [0.15, 0.2) is 24.3 Å². The van der Waals surface area contributed by atoms with Crippen molar-refractivity contribution in [3.05, 3.63) is 35.5 Å². The number of benzene rings is 1. The smallest absolute Gasteiger partial charge is 0.146 e. The number of pyridine rings is 1. The maximum Gasteiger partial charge on any atom is 0.146 e. The molecule has 3 N–H and O–H groups in total. The number of nitrogens with two attached hydrogens (primary N) is 1. The highest BCUT2D eigenvalue weighted by atomic mass is 16.3. The Morgan fingerprint density at radius 3 is 2.03 bits per heavy atom. The van der Waals surface area contributed by atoms with Crippen molar-refractivity contribution in [3.8, 4) is 0 Å². The Hall–Kier alpha value is -1.45. The van der Waals surface area contributed by atoms with E-state index in [1.54, 1.807) is 0 Å². The summed E-state index contributed by atoms with van der Waals surface area (Å²) in [5.74, 6) is 0. The lowest BCUT2D eigenvalue weighted by Gasteiger charge is -2.34. The number of para-hydroxylation sites is 1. The van der Waals surface area contributed by atoms with Crippen molar-refractivity contribution in [1.29, 1.82) is 0 Å². The van der Waals surface area contributed by atoms with E-state index in [4.69, 9.17) is 4.98 Å². The van der Waals surface area contributed by atoms with Crippen LogP contribution < -0.4 is 5.32 Å². The monoisotopic (exact) mass is 467 g/mol. The summed E-state index contributed by atoms with van der Waals surface area (Å²) >= 11 is 0. The van der Waals surface area contributed by atoms with Crippen molar-refractivity contribution < 1.29 is 10.4 Å². The van der Waals surface area contributed by atoms with E-state index in [0.717, 1.165) is 36.2 Å². The van der Waals surface area contributed by atoms with Crippen molar-refractivity contribution in [2.45, 2.75) is 130 Å². The Labute approximate surface area is 209 Å². The van der Waals surface area contributed by atoms with Gasteiger partial charge in [0.05, 0.1) is 34.8 Å². The first-order valence-electron chi connectivity index (χ1n) is 14.4. The van der Waals surface area contributed by atoms with Crippen molar-refractivity contribution in [2.75, 3.05) is 6.54 Å². The number of aliphatic hydroxyl groups excluding tert-OH is 1. The molecule has 1 aliphatic rings. The first kappa shape index (κ1) is 27.1. The zero-order valence-corrected chi connectivity index (χ0v) is 22.4. The molecule has 0 aliphatic heterocycles. The van der Waals surface area contributed by atoms with Crippen LogP contribution in [0.5, 0.6) is 0 Å². The second-order valence-electron chi connectivity index (χ2n) is 11.6. The van der Waals surface area contributed by atoms with Crippen LogP contribution in [0, 0.1) is 5.41 Å². The van der Waals surface area contributed by atoms with Gasteiger partial charge in [-0.15, -0.1) is 0 Å². The normalized spacial score (nSPS) is 17.2. The predicted octanol–water partition coefficient (Wildman–Crippen LogP) is 7.92. The Morgan fingerprint density at radius 1 is 0.853 bits per heavy atom. The van der Waals surface area contributed by atoms with Gasteiger partial charge in [0.25, 0.3) is 0 Å². The molecule has 0 saturated heterocycles. The van der Waals surface area contributed by atoms with E-state index in [2.05, 4.69) is 50.4 Å². The van der Waals surface area contributed by atoms with Gasteiger partial charge in [-0.1, -0.05) is 110 Å². The molecule has 3 rings (SSSR count). The maximum absolute atomic E-state index is 11.0. The maximum atomic E-state index is 11.0. The van der Waals surface area contributed by atoms with E-state index in [1.807, 2.05) is 0 Å².